The van der Waals surface area contributed by atoms with E-state index in [4.69, 9.17) is 19.7 Å². The maximum atomic E-state index is 11.0. The average Bonchev–Trinajstić information content (AvgIpc) is 3.11. The summed E-state index contributed by atoms with van der Waals surface area (Å²) in [6.07, 6.45) is 2.71. The van der Waals surface area contributed by atoms with Crippen molar-refractivity contribution in [1.29, 1.82) is 0 Å². The van der Waals surface area contributed by atoms with Crippen LogP contribution in [0.4, 0.5) is 0 Å². The number of carbonyl (C=O) groups is 2. The van der Waals surface area contributed by atoms with E-state index in [9.17, 15) is 9.59 Å². The number of esters is 1. The molecule has 0 aromatic heterocycles. The van der Waals surface area contributed by atoms with Gasteiger partial charge in [0.2, 0.25) is 0 Å². The third-order valence-corrected chi connectivity index (χ3v) is 2.17. The average molecular weight is 262 g/mol. The van der Waals surface area contributed by atoms with E-state index in [1.54, 1.807) is 0 Å². The highest BCUT2D eigenvalue weighted by molar-refractivity contribution is 5.71. The van der Waals surface area contributed by atoms with Crippen LogP contribution in [0.3, 0.4) is 0 Å². The Labute approximate surface area is 107 Å². The predicted molar refractivity (Wildman–Crippen MR) is 64.2 cm³/mol. The van der Waals surface area contributed by atoms with Gasteiger partial charge in [-0.25, -0.2) is 4.79 Å². The fourth-order valence-corrected chi connectivity index (χ4v) is 0.942. The molecule has 106 valence electrons. The van der Waals surface area contributed by atoms with Crippen LogP contribution in [-0.2, 0) is 19.1 Å². The normalized spacial score (nSPS) is 18.3. The molecule has 0 aromatic rings. The van der Waals surface area contributed by atoms with Crippen LogP contribution in [0.5, 0.6) is 0 Å². The van der Waals surface area contributed by atoms with E-state index in [2.05, 4.69) is 6.92 Å². The first-order chi connectivity index (χ1) is 8.47. The second-order valence-electron chi connectivity index (χ2n) is 4.11. The number of carboxylic acid groups (broad SMARTS) is 1. The maximum absolute atomic E-state index is 11.0. The highest BCUT2D eigenvalue weighted by Crippen LogP contribution is 2.09. The number of unbranched alkanes of at least 4 members (excludes halogenated alkanes) is 2. The summed E-state index contributed by atoms with van der Waals surface area (Å²) in [5, 5.41) is 15.8. The molecular formula is C12H22O6. The van der Waals surface area contributed by atoms with E-state index in [0.717, 1.165) is 25.9 Å². The molecule has 0 radical (unpaired) electrons. The molecule has 1 aliphatic rings. The Hall–Kier alpha value is -1.14. The van der Waals surface area contributed by atoms with E-state index < -0.39 is 12.1 Å². The van der Waals surface area contributed by atoms with Gasteiger partial charge in [0.1, 0.15) is 18.8 Å². The minimum atomic E-state index is -1.23. The maximum Gasteiger partial charge on any atom is 0.332 e. The van der Waals surface area contributed by atoms with Crippen LogP contribution in [0.25, 0.3) is 0 Å². The second-order valence-corrected chi connectivity index (χ2v) is 4.11. The van der Waals surface area contributed by atoms with Gasteiger partial charge in [-0.1, -0.05) is 19.8 Å². The molecule has 2 atom stereocenters. The van der Waals surface area contributed by atoms with Crippen LogP contribution in [-0.4, -0.2) is 47.6 Å². The van der Waals surface area contributed by atoms with Crippen LogP contribution in [0.15, 0.2) is 0 Å². The number of hydrogen-bond donors (Lipinski definition) is 2. The lowest BCUT2D eigenvalue weighted by atomic mass is 10.2. The Morgan fingerprint density at radius 3 is 2.39 bits per heavy atom. The minimum absolute atomic E-state index is 0.0843. The van der Waals surface area contributed by atoms with Gasteiger partial charge in [-0.2, -0.15) is 0 Å². The van der Waals surface area contributed by atoms with E-state index in [1.165, 1.54) is 6.92 Å². The van der Waals surface area contributed by atoms with Gasteiger partial charge in [0, 0.05) is 6.42 Å². The highest BCUT2D eigenvalue weighted by Gasteiger charge is 2.23. The van der Waals surface area contributed by atoms with Gasteiger partial charge >= 0.3 is 11.9 Å². The summed E-state index contributed by atoms with van der Waals surface area (Å²) in [5.41, 5.74) is 0. The number of ether oxygens (including phenoxy) is 2. The van der Waals surface area contributed by atoms with Crippen LogP contribution in [0.1, 0.15) is 39.5 Å². The van der Waals surface area contributed by atoms with Crippen molar-refractivity contribution in [3.8, 4) is 0 Å². The molecule has 6 heteroatoms. The van der Waals surface area contributed by atoms with Crippen LogP contribution in [0, 0.1) is 0 Å². The van der Waals surface area contributed by atoms with Crippen molar-refractivity contribution in [2.45, 2.75) is 51.7 Å². The minimum Gasteiger partial charge on any atom is -0.479 e. The quantitative estimate of drug-likeness (QED) is 0.403. The molecule has 1 rings (SSSR count). The summed E-state index contributed by atoms with van der Waals surface area (Å²) >= 11 is 0. The molecule has 0 aromatic carbocycles. The zero-order chi connectivity index (χ0) is 14.0. The van der Waals surface area contributed by atoms with Gasteiger partial charge in [-0.05, 0) is 13.3 Å². The number of rotatable bonds is 7. The molecule has 2 unspecified atom stereocenters. The first kappa shape index (κ1) is 16.9. The summed E-state index contributed by atoms with van der Waals surface area (Å²) in [7, 11) is 0. The van der Waals surface area contributed by atoms with Gasteiger partial charge in [-0.3, -0.25) is 4.79 Å². The van der Waals surface area contributed by atoms with Gasteiger partial charge in [-0.15, -0.1) is 0 Å². The lowest BCUT2D eigenvalue weighted by Gasteiger charge is -2.01. The molecule has 2 N–H and O–H groups in total. The smallest absolute Gasteiger partial charge is 0.332 e. The van der Waals surface area contributed by atoms with Crippen molar-refractivity contribution in [3.63, 3.8) is 0 Å². The standard InChI is InChI=1S/C9H16O3.C3H6O3/c1-2-3-4-5-9(10)12-7-8-6-11-8;1-2(4)3(5)6/h8H,2-7H2,1H3;2,4H,1H3,(H,5,6). The molecule has 1 fully saturated rings. The SMILES string of the molecule is CC(O)C(=O)O.CCCCCC(=O)OCC1CO1. The number of aliphatic hydroxyl groups is 1. The van der Waals surface area contributed by atoms with Gasteiger partial charge in [0.25, 0.3) is 0 Å². The molecule has 0 saturated carbocycles. The largest absolute Gasteiger partial charge is 0.479 e. The fourth-order valence-electron chi connectivity index (χ4n) is 0.942. The van der Waals surface area contributed by atoms with Crippen molar-refractivity contribution < 1.29 is 29.3 Å². The third-order valence-electron chi connectivity index (χ3n) is 2.17. The molecule has 0 amide bonds. The van der Waals surface area contributed by atoms with E-state index in [0.29, 0.717) is 13.0 Å². The number of carboxylic acids is 1. The van der Waals surface area contributed by atoms with Gasteiger partial charge < -0.3 is 19.7 Å². The zero-order valence-corrected chi connectivity index (χ0v) is 10.9. The molecule has 6 nitrogen and oxygen atoms in total. The summed E-state index contributed by atoms with van der Waals surface area (Å²) in [5.74, 6) is -1.27. The molecule has 18 heavy (non-hydrogen) atoms. The first-order valence-corrected chi connectivity index (χ1v) is 6.15. The van der Waals surface area contributed by atoms with E-state index in [1.807, 2.05) is 0 Å². The Morgan fingerprint density at radius 2 is 2.00 bits per heavy atom. The van der Waals surface area contributed by atoms with Crippen LogP contribution < -0.4 is 0 Å². The Balaban J connectivity index is 0.000000411. The number of aliphatic hydroxyl groups excluding tert-OH is 1. The van der Waals surface area contributed by atoms with Crippen LogP contribution >= 0.6 is 0 Å². The highest BCUT2D eigenvalue weighted by atomic mass is 16.6. The summed E-state index contributed by atoms with van der Waals surface area (Å²) in [6.45, 7) is 4.51. The fraction of sp³-hybridized carbons (Fsp3) is 0.833. The molecule has 1 aliphatic heterocycles. The van der Waals surface area contributed by atoms with Crippen molar-refractivity contribution in [1.82, 2.24) is 0 Å². The summed E-state index contributed by atoms with van der Waals surface area (Å²) in [4.78, 5) is 20.4. The molecule has 1 heterocycles. The molecule has 0 aliphatic carbocycles. The lowest BCUT2D eigenvalue weighted by Crippen LogP contribution is -2.13. The molecule has 0 spiro atoms. The topological polar surface area (TPSA) is 96.4 Å². The Bertz CT molecular complexity index is 247. The monoisotopic (exact) mass is 262 g/mol. The first-order valence-electron chi connectivity index (χ1n) is 6.15. The number of aliphatic carboxylic acids is 1. The number of hydrogen-bond acceptors (Lipinski definition) is 5. The third kappa shape index (κ3) is 11.3. The van der Waals surface area contributed by atoms with Crippen molar-refractivity contribution in [2.75, 3.05) is 13.2 Å². The van der Waals surface area contributed by atoms with Gasteiger partial charge in [0.05, 0.1) is 6.61 Å². The summed E-state index contributed by atoms with van der Waals surface area (Å²) < 4.78 is 9.86. The number of carbonyl (C=O) groups excluding carboxylic acids is 1. The summed E-state index contributed by atoms with van der Waals surface area (Å²) in [6, 6.07) is 0. The molecular weight excluding hydrogens is 240 g/mol. The van der Waals surface area contributed by atoms with Crippen LogP contribution in [0.2, 0.25) is 0 Å². The second kappa shape index (κ2) is 9.85. The van der Waals surface area contributed by atoms with E-state index in [-0.39, 0.29) is 12.1 Å². The Kier molecular flexibility index (Phi) is 9.22. The van der Waals surface area contributed by atoms with Crippen molar-refractivity contribution in [2.24, 2.45) is 0 Å². The lowest BCUT2D eigenvalue weighted by molar-refractivity contribution is -0.145. The van der Waals surface area contributed by atoms with E-state index >= 15 is 0 Å². The van der Waals surface area contributed by atoms with Crippen molar-refractivity contribution in [3.05, 3.63) is 0 Å². The zero-order valence-electron chi connectivity index (χ0n) is 10.9. The molecule has 1 saturated heterocycles. The molecule has 0 bridgehead atoms. The van der Waals surface area contributed by atoms with Crippen molar-refractivity contribution >= 4 is 11.9 Å². The Morgan fingerprint density at radius 1 is 1.44 bits per heavy atom. The predicted octanol–water partition coefficient (Wildman–Crippen LogP) is 0.960. The number of epoxide rings is 1. The van der Waals surface area contributed by atoms with Gasteiger partial charge in [0.15, 0.2) is 0 Å².